The minimum Gasteiger partial charge on any atom is -0.348 e. The van der Waals surface area contributed by atoms with Gasteiger partial charge in [-0.05, 0) is 30.2 Å². The van der Waals surface area contributed by atoms with Gasteiger partial charge >= 0.3 is 0 Å². The SMILES string of the molecule is Cc1c(C(=O)NCc2ccc(Cn3cccn3)cc2)cccc1[N+](=O)[O-]. The highest BCUT2D eigenvalue weighted by Crippen LogP contribution is 2.21. The van der Waals surface area contributed by atoms with Crippen LogP contribution in [0.1, 0.15) is 27.0 Å². The third-order valence-corrected chi connectivity index (χ3v) is 4.13. The second-order valence-corrected chi connectivity index (χ2v) is 5.91. The predicted molar refractivity (Wildman–Crippen MR) is 96.8 cm³/mol. The molecule has 1 aromatic heterocycles. The van der Waals surface area contributed by atoms with Crippen molar-refractivity contribution in [2.75, 3.05) is 0 Å². The van der Waals surface area contributed by atoms with Crippen molar-refractivity contribution in [2.24, 2.45) is 0 Å². The van der Waals surface area contributed by atoms with Crippen molar-refractivity contribution in [3.8, 4) is 0 Å². The van der Waals surface area contributed by atoms with Gasteiger partial charge in [0, 0.05) is 36.1 Å². The summed E-state index contributed by atoms with van der Waals surface area (Å²) >= 11 is 0. The molecule has 132 valence electrons. The molecule has 7 heteroatoms. The van der Waals surface area contributed by atoms with Gasteiger partial charge in [0.05, 0.1) is 11.5 Å². The number of carbonyl (C=O) groups excluding carboxylic acids is 1. The van der Waals surface area contributed by atoms with Crippen molar-refractivity contribution >= 4 is 11.6 Å². The molecule has 0 radical (unpaired) electrons. The second-order valence-electron chi connectivity index (χ2n) is 5.91. The molecule has 2 aromatic carbocycles. The van der Waals surface area contributed by atoms with Gasteiger partial charge in [-0.25, -0.2) is 0 Å². The second kappa shape index (κ2) is 7.60. The number of nitro benzene ring substituents is 1. The molecule has 0 aliphatic heterocycles. The van der Waals surface area contributed by atoms with Crippen LogP contribution in [0.5, 0.6) is 0 Å². The van der Waals surface area contributed by atoms with E-state index in [-0.39, 0.29) is 11.6 Å². The van der Waals surface area contributed by atoms with E-state index in [1.165, 1.54) is 12.1 Å². The lowest BCUT2D eigenvalue weighted by atomic mass is 10.1. The Morgan fingerprint density at radius 1 is 1.15 bits per heavy atom. The molecular formula is C19H18N4O3. The average Bonchev–Trinajstić information content (AvgIpc) is 3.14. The van der Waals surface area contributed by atoms with E-state index in [4.69, 9.17) is 0 Å². The summed E-state index contributed by atoms with van der Waals surface area (Å²) in [6.45, 7) is 2.62. The zero-order valence-corrected chi connectivity index (χ0v) is 14.3. The predicted octanol–water partition coefficient (Wildman–Crippen LogP) is 3.08. The first-order valence-corrected chi connectivity index (χ1v) is 8.12. The van der Waals surface area contributed by atoms with Crippen LogP contribution in [0.15, 0.2) is 60.9 Å². The van der Waals surface area contributed by atoms with Gasteiger partial charge in [0.15, 0.2) is 0 Å². The van der Waals surface area contributed by atoms with Crippen LogP contribution >= 0.6 is 0 Å². The number of hydrogen-bond acceptors (Lipinski definition) is 4. The van der Waals surface area contributed by atoms with Gasteiger partial charge < -0.3 is 5.32 Å². The quantitative estimate of drug-likeness (QED) is 0.546. The molecule has 3 rings (SSSR count). The maximum absolute atomic E-state index is 12.3. The lowest BCUT2D eigenvalue weighted by molar-refractivity contribution is -0.385. The molecule has 0 unspecified atom stereocenters. The lowest BCUT2D eigenvalue weighted by Crippen LogP contribution is -2.23. The number of benzene rings is 2. The van der Waals surface area contributed by atoms with Crippen LogP contribution in [0.2, 0.25) is 0 Å². The Kier molecular flexibility index (Phi) is 5.07. The summed E-state index contributed by atoms with van der Waals surface area (Å²) in [6, 6.07) is 14.2. The molecule has 1 amide bonds. The summed E-state index contributed by atoms with van der Waals surface area (Å²) in [6.07, 6.45) is 3.63. The Balaban J connectivity index is 1.63. The fourth-order valence-corrected chi connectivity index (χ4v) is 2.69. The van der Waals surface area contributed by atoms with Crippen LogP contribution in [0.25, 0.3) is 0 Å². The number of nitrogens with one attached hydrogen (secondary N) is 1. The van der Waals surface area contributed by atoms with E-state index in [0.29, 0.717) is 24.2 Å². The summed E-state index contributed by atoms with van der Waals surface area (Å²) in [7, 11) is 0. The molecule has 1 N–H and O–H groups in total. The summed E-state index contributed by atoms with van der Waals surface area (Å²) in [5, 5.41) is 18.0. The number of nitro groups is 1. The number of nitrogens with zero attached hydrogens (tertiary/aromatic N) is 3. The summed E-state index contributed by atoms with van der Waals surface area (Å²) in [5.41, 5.74) is 2.68. The monoisotopic (exact) mass is 350 g/mol. The van der Waals surface area contributed by atoms with E-state index in [1.807, 2.05) is 41.2 Å². The Labute approximate surface area is 150 Å². The molecule has 7 nitrogen and oxygen atoms in total. The molecule has 0 aliphatic rings. The number of rotatable bonds is 6. The van der Waals surface area contributed by atoms with Crippen LogP contribution in [0, 0.1) is 17.0 Å². The van der Waals surface area contributed by atoms with Gasteiger partial charge in [-0.3, -0.25) is 19.6 Å². The average molecular weight is 350 g/mol. The van der Waals surface area contributed by atoms with Crippen LogP contribution in [0.3, 0.4) is 0 Å². The molecule has 3 aromatic rings. The van der Waals surface area contributed by atoms with Gasteiger partial charge in [0.1, 0.15) is 0 Å². The highest BCUT2D eigenvalue weighted by molar-refractivity contribution is 5.96. The van der Waals surface area contributed by atoms with Crippen LogP contribution in [-0.4, -0.2) is 20.6 Å². The highest BCUT2D eigenvalue weighted by atomic mass is 16.6. The Morgan fingerprint density at radius 2 is 1.88 bits per heavy atom. The minimum atomic E-state index is -0.482. The molecule has 1 heterocycles. The number of hydrogen-bond donors (Lipinski definition) is 1. The fourth-order valence-electron chi connectivity index (χ4n) is 2.69. The topological polar surface area (TPSA) is 90.1 Å². The van der Waals surface area contributed by atoms with E-state index in [9.17, 15) is 14.9 Å². The molecule has 0 saturated carbocycles. The summed E-state index contributed by atoms with van der Waals surface area (Å²) in [5.74, 6) is -0.327. The lowest BCUT2D eigenvalue weighted by Gasteiger charge is -2.09. The van der Waals surface area contributed by atoms with Crippen molar-refractivity contribution < 1.29 is 9.72 Å². The third-order valence-electron chi connectivity index (χ3n) is 4.13. The molecule has 0 bridgehead atoms. The van der Waals surface area contributed by atoms with E-state index in [2.05, 4.69) is 10.4 Å². The molecule has 0 spiro atoms. The molecule has 0 saturated heterocycles. The Morgan fingerprint density at radius 3 is 2.54 bits per heavy atom. The normalized spacial score (nSPS) is 10.5. The van der Waals surface area contributed by atoms with Crippen molar-refractivity contribution in [3.05, 3.63) is 93.3 Å². The van der Waals surface area contributed by atoms with E-state index in [0.717, 1.165) is 11.1 Å². The van der Waals surface area contributed by atoms with Gasteiger partial charge in [-0.1, -0.05) is 30.3 Å². The number of carbonyl (C=O) groups is 1. The van der Waals surface area contributed by atoms with Gasteiger partial charge in [0.2, 0.25) is 0 Å². The Bertz CT molecular complexity index is 918. The van der Waals surface area contributed by atoms with Crippen molar-refractivity contribution in [1.29, 1.82) is 0 Å². The Hall–Kier alpha value is -3.48. The molecule has 0 aliphatic carbocycles. The van der Waals surface area contributed by atoms with Crippen LogP contribution in [0.4, 0.5) is 5.69 Å². The first-order chi connectivity index (χ1) is 12.5. The maximum Gasteiger partial charge on any atom is 0.273 e. The van der Waals surface area contributed by atoms with Crippen molar-refractivity contribution in [2.45, 2.75) is 20.0 Å². The van der Waals surface area contributed by atoms with Crippen molar-refractivity contribution in [1.82, 2.24) is 15.1 Å². The van der Waals surface area contributed by atoms with E-state index < -0.39 is 4.92 Å². The molecule has 0 fully saturated rings. The smallest absolute Gasteiger partial charge is 0.273 e. The first-order valence-electron chi connectivity index (χ1n) is 8.12. The maximum atomic E-state index is 12.3. The summed E-state index contributed by atoms with van der Waals surface area (Å²) in [4.78, 5) is 22.9. The van der Waals surface area contributed by atoms with Gasteiger partial charge in [-0.2, -0.15) is 5.10 Å². The zero-order chi connectivity index (χ0) is 18.5. The van der Waals surface area contributed by atoms with E-state index >= 15 is 0 Å². The zero-order valence-electron chi connectivity index (χ0n) is 14.3. The highest BCUT2D eigenvalue weighted by Gasteiger charge is 2.17. The van der Waals surface area contributed by atoms with Gasteiger partial charge in [0.25, 0.3) is 11.6 Å². The molecular weight excluding hydrogens is 332 g/mol. The number of amides is 1. The molecule has 0 atom stereocenters. The third kappa shape index (κ3) is 3.94. The largest absolute Gasteiger partial charge is 0.348 e. The van der Waals surface area contributed by atoms with Crippen LogP contribution < -0.4 is 5.32 Å². The van der Waals surface area contributed by atoms with Crippen molar-refractivity contribution in [3.63, 3.8) is 0 Å². The fraction of sp³-hybridized carbons (Fsp3) is 0.158. The van der Waals surface area contributed by atoms with Gasteiger partial charge in [-0.15, -0.1) is 0 Å². The first kappa shape index (κ1) is 17.3. The summed E-state index contributed by atoms with van der Waals surface area (Å²) < 4.78 is 1.84. The minimum absolute atomic E-state index is 0.0550. The van der Waals surface area contributed by atoms with Crippen LogP contribution in [-0.2, 0) is 13.1 Å². The van der Waals surface area contributed by atoms with E-state index in [1.54, 1.807) is 19.2 Å². The number of aromatic nitrogens is 2. The standard InChI is InChI=1S/C19H18N4O3/c1-14-17(4-2-5-18(14)23(25)26)19(24)20-12-15-6-8-16(9-7-15)13-22-11-3-10-21-22/h2-11H,12-13H2,1H3,(H,20,24). The molecule has 26 heavy (non-hydrogen) atoms.